The molecule has 0 atom stereocenters. The van der Waals surface area contributed by atoms with Crippen LogP contribution < -0.4 is 10.5 Å². The van der Waals surface area contributed by atoms with E-state index in [9.17, 15) is 39.6 Å². The van der Waals surface area contributed by atoms with Gasteiger partial charge in [0.15, 0.2) is 0 Å². The Labute approximate surface area is 148 Å². The summed E-state index contributed by atoms with van der Waals surface area (Å²) in [6, 6.07) is 4.76. The highest BCUT2D eigenvalue weighted by molar-refractivity contribution is 7.92. The molecule has 0 saturated carbocycles. The molecule has 0 unspecified atom stereocenters. The molecule has 0 aliphatic carbocycles. The summed E-state index contributed by atoms with van der Waals surface area (Å²) in [7, 11) is -4.89. The molecule has 12 heteroatoms. The molecular formula is C15H10F6N2O3S. The molecule has 0 aliphatic rings. The number of nitrogens with two attached hydrogens (primary N) is 1. The largest absolute Gasteiger partial charge is 0.416 e. The van der Waals surface area contributed by atoms with E-state index in [1.54, 1.807) is 4.72 Å². The molecule has 2 aromatic carbocycles. The smallest absolute Gasteiger partial charge is 0.366 e. The molecule has 5 nitrogen and oxygen atoms in total. The van der Waals surface area contributed by atoms with Gasteiger partial charge in [-0.15, -0.1) is 0 Å². The zero-order chi connectivity index (χ0) is 20.6. The summed E-state index contributed by atoms with van der Waals surface area (Å²) in [5.41, 5.74) is 0.773. The molecular weight excluding hydrogens is 402 g/mol. The van der Waals surface area contributed by atoms with Crippen LogP contribution in [0.15, 0.2) is 47.4 Å². The Morgan fingerprint density at radius 3 is 1.81 bits per heavy atom. The van der Waals surface area contributed by atoms with Gasteiger partial charge in [0.2, 0.25) is 0 Å². The van der Waals surface area contributed by atoms with Gasteiger partial charge in [-0.3, -0.25) is 9.52 Å². The van der Waals surface area contributed by atoms with E-state index < -0.39 is 50.0 Å². The van der Waals surface area contributed by atoms with Crippen LogP contribution in [-0.2, 0) is 22.4 Å². The second-order valence-electron chi connectivity index (χ2n) is 5.26. The molecule has 0 spiro atoms. The maximum absolute atomic E-state index is 12.9. The van der Waals surface area contributed by atoms with Crippen LogP contribution in [0.2, 0.25) is 0 Å². The number of hydrogen-bond acceptors (Lipinski definition) is 3. The molecule has 27 heavy (non-hydrogen) atoms. The summed E-state index contributed by atoms with van der Waals surface area (Å²) >= 11 is 0. The predicted molar refractivity (Wildman–Crippen MR) is 82.2 cm³/mol. The lowest BCUT2D eigenvalue weighted by atomic mass is 10.1. The molecule has 0 heterocycles. The molecule has 2 aromatic rings. The first-order valence-electron chi connectivity index (χ1n) is 6.93. The van der Waals surface area contributed by atoms with Gasteiger partial charge in [0.1, 0.15) is 0 Å². The van der Waals surface area contributed by atoms with Crippen molar-refractivity contribution in [3.63, 3.8) is 0 Å². The van der Waals surface area contributed by atoms with Crippen LogP contribution in [0.1, 0.15) is 21.5 Å². The van der Waals surface area contributed by atoms with Gasteiger partial charge < -0.3 is 5.73 Å². The lowest BCUT2D eigenvalue weighted by molar-refractivity contribution is -0.143. The maximum Gasteiger partial charge on any atom is 0.416 e. The second kappa shape index (κ2) is 6.76. The highest BCUT2D eigenvalue weighted by Gasteiger charge is 2.38. The SMILES string of the molecule is NC(=O)c1ccccc1NS(=O)(=O)c1cc(C(F)(F)F)cc(C(F)(F)F)c1. The number of amides is 1. The average molecular weight is 412 g/mol. The molecule has 3 N–H and O–H groups in total. The fourth-order valence-electron chi connectivity index (χ4n) is 2.07. The summed E-state index contributed by atoms with van der Waals surface area (Å²) in [4.78, 5) is 10.0. The molecule has 146 valence electrons. The highest BCUT2D eigenvalue weighted by atomic mass is 32.2. The minimum Gasteiger partial charge on any atom is -0.366 e. The molecule has 0 aliphatic heterocycles. The topological polar surface area (TPSA) is 89.3 Å². The third-order valence-electron chi connectivity index (χ3n) is 3.31. The molecule has 1 amide bonds. The van der Waals surface area contributed by atoms with Crippen molar-refractivity contribution in [2.75, 3.05) is 4.72 Å². The monoisotopic (exact) mass is 412 g/mol. The van der Waals surface area contributed by atoms with Crippen LogP contribution in [0.4, 0.5) is 32.0 Å². The van der Waals surface area contributed by atoms with Gasteiger partial charge in [-0.05, 0) is 30.3 Å². The zero-order valence-corrected chi connectivity index (χ0v) is 13.8. The quantitative estimate of drug-likeness (QED) is 0.752. The Morgan fingerprint density at radius 2 is 1.37 bits per heavy atom. The minimum absolute atomic E-state index is 0.0600. The van der Waals surface area contributed by atoms with Gasteiger partial charge in [-0.25, -0.2) is 8.42 Å². The van der Waals surface area contributed by atoms with Crippen molar-refractivity contribution in [1.29, 1.82) is 0 Å². The van der Waals surface area contributed by atoms with E-state index in [0.29, 0.717) is 0 Å². The van der Waals surface area contributed by atoms with Crippen molar-refractivity contribution < 1.29 is 39.6 Å². The number of carbonyl (C=O) groups excluding carboxylic acids is 1. The first-order chi connectivity index (χ1) is 12.2. The van der Waals surface area contributed by atoms with Crippen molar-refractivity contribution in [2.24, 2.45) is 5.73 Å². The Hall–Kier alpha value is -2.76. The number of halogens is 6. The van der Waals surface area contributed by atoms with Crippen molar-refractivity contribution in [2.45, 2.75) is 17.2 Å². The Bertz CT molecular complexity index is 952. The van der Waals surface area contributed by atoms with Crippen LogP contribution in [0.25, 0.3) is 0 Å². The van der Waals surface area contributed by atoms with Crippen LogP contribution >= 0.6 is 0 Å². The number of carbonyl (C=O) groups is 1. The maximum atomic E-state index is 12.9. The van der Waals surface area contributed by atoms with E-state index in [4.69, 9.17) is 5.73 Å². The number of nitrogens with one attached hydrogen (secondary N) is 1. The number of para-hydroxylation sites is 1. The van der Waals surface area contributed by atoms with E-state index >= 15 is 0 Å². The number of benzene rings is 2. The minimum atomic E-state index is -5.21. The fourth-order valence-corrected chi connectivity index (χ4v) is 3.22. The Balaban J connectivity index is 2.61. The van der Waals surface area contributed by atoms with E-state index in [1.165, 1.54) is 12.1 Å². The van der Waals surface area contributed by atoms with E-state index in [2.05, 4.69) is 0 Å². The average Bonchev–Trinajstić information content (AvgIpc) is 2.52. The van der Waals surface area contributed by atoms with Crippen molar-refractivity contribution >= 4 is 21.6 Å². The number of rotatable bonds is 4. The summed E-state index contributed by atoms with van der Waals surface area (Å²) < 4.78 is 104. The number of anilines is 1. The summed E-state index contributed by atoms with van der Waals surface area (Å²) in [5, 5.41) is 0. The fraction of sp³-hybridized carbons (Fsp3) is 0.133. The number of hydrogen-bond donors (Lipinski definition) is 2. The molecule has 0 bridgehead atoms. The van der Waals surface area contributed by atoms with Gasteiger partial charge in [0.25, 0.3) is 15.9 Å². The summed E-state index contributed by atoms with van der Waals surface area (Å²) in [6.45, 7) is 0. The van der Waals surface area contributed by atoms with Crippen LogP contribution in [0.3, 0.4) is 0 Å². The van der Waals surface area contributed by atoms with Gasteiger partial charge in [-0.2, -0.15) is 26.3 Å². The Morgan fingerprint density at radius 1 is 0.889 bits per heavy atom. The van der Waals surface area contributed by atoms with Crippen molar-refractivity contribution in [1.82, 2.24) is 0 Å². The number of alkyl halides is 6. The summed E-state index contributed by atoms with van der Waals surface area (Å²) in [6.07, 6.45) is -10.4. The van der Waals surface area contributed by atoms with E-state index in [-0.39, 0.29) is 23.8 Å². The molecule has 0 saturated heterocycles. The molecule has 0 aromatic heterocycles. The van der Waals surface area contributed by atoms with Crippen LogP contribution in [-0.4, -0.2) is 14.3 Å². The van der Waals surface area contributed by atoms with Gasteiger partial charge in [-0.1, -0.05) is 12.1 Å². The first-order valence-corrected chi connectivity index (χ1v) is 8.41. The molecule has 0 fully saturated rings. The van der Waals surface area contributed by atoms with Gasteiger partial charge in [0.05, 0.1) is 27.3 Å². The lowest BCUT2D eigenvalue weighted by Crippen LogP contribution is -2.20. The Kier molecular flexibility index (Phi) is 5.14. The van der Waals surface area contributed by atoms with Crippen molar-refractivity contribution in [3.05, 3.63) is 59.2 Å². The standard InChI is InChI=1S/C15H10F6N2O3S/c16-14(17,18)8-5-9(15(19,20)21)7-10(6-8)27(25,26)23-12-4-2-1-3-11(12)13(22)24/h1-7,23H,(H2,22,24). The van der Waals surface area contributed by atoms with Gasteiger partial charge >= 0.3 is 12.4 Å². The van der Waals surface area contributed by atoms with Crippen LogP contribution in [0, 0.1) is 0 Å². The van der Waals surface area contributed by atoms with Crippen molar-refractivity contribution in [3.8, 4) is 0 Å². The number of sulfonamides is 1. The van der Waals surface area contributed by atoms with E-state index in [1.807, 2.05) is 0 Å². The van der Waals surface area contributed by atoms with E-state index in [0.717, 1.165) is 12.1 Å². The lowest BCUT2D eigenvalue weighted by Gasteiger charge is -2.16. The summed E-state index contributed by atoms with van der Waals surface area (Å²) in [5.74, 6) is -1.05. The van der Waals surface area contributed by atoms with Gasteiger partial charge in [0, 0.05) is 0 Å². The highest BCUT2D eigenvalue weighted by Crippen LogP contribution is 2.37. The first kappa shape index (κ1) is 20.6. The van der Waals surface area contributed by atoms with Crippen LogP contribution in [0.5, 0.6) is 0 Å². The third kappa shape index (κ3) is 4.70. The predicted octanol–water partition coefficient (Wildman–Crippen LogP) is 3.62. The zero-order valence-electron chi connectivity index (χ0n) is 13.0. The normalized spacial score (nSPS) is 12.7. The number of primary amides is 1. The third-order valence-corrected chi connectivity index (χ3v) is 4.65. The molecule has 0 radical (unpaired) electrons. The second-order valence-corrected chi connectivity index (χ2v) is 6.94. The molecule has 2 rings (SSSR count).